The molecule has 0 aliphatic carbocycles. The molecule has 4 heterocycles. The summed E-state index contributed by atoms with van der Waals surface area (Å²) in [7, 11) is 1.36. The van der Waals surface area contributed by atoms with E-state index >= 15 is 0 Å². The topological polar surface area (TPSA) is 117 Å². The van der Waals surface area contributed by atoms with Crippen molar-refractivity contribution in [3.63, 3.8) is 0 Å². The van der Waals surface area contributed by atoms with E-state index in [1.807, 2.05) is 13.8 Å². The van der Waals surface area contributed by atoms with Gasteiger partial charge in [-0.25, -0.2) is 14.2 Å². The number of rotatable bonds is 1. The van der Waals surface area contributed by atoms with Crippen LogP contribution < -0.4 is 16.0 Å². The Labute approximate surface area is 170 Å². The molecule has 9 heteroatoms. The average Bonchev–Trinajstić information content (AvgIpc) is 3.12. The molecule has 3 aromatic rings. The van der Waals surface area contributed by atoms with Crippen molar-refractivity contribution in [3.8, 4) is 17.1 Å². The van der Waals surface area contributed by atoms with Crippen molar-refractivity contribution in [1.82, 2.24) is 9.55 Å². The van der Waals surface area contributed by atoms with Crippen LogP contribution in [0.4, 0.5) is 10.1 Å². The molecule has 0 saturated heterocycles. The molecule has 0 radical (unpaired) electrons. The minimum Gasteiger partial charge on any atom is -0.494 e. The number of nitrogens with zero attached hydrogens (tertiary/aromatic N) is 2. The first-order valence-electron chi connectivity index (χ1n) is 9.48. The van der Waals surface area contributed by atoms with Gasteiger partial charge in [-0.2, -0.15) is 0 Å². The highest BCUT2D eigenvalue weighted by Gasteiger charge is 2.34. The number of esters is 1. The zero-order valence-electron chi connectivity index (χ0n) is 16.7. The van der Waals surface area contributed by atoms with Gasteiger partial charge in [-0.15, -0.1) is 0 Å². The summed E-state index contributed by atoms with van der Waals surface area (Å²) in [6.45, 7) is 3.98. The van der Waals surface area contributed by atoms with Gasteiger partial charge in [0.25, 0.3) is 5.56 Å². The van der Waals surface area contributed by atoms with Gasteiger partial charge in [-0.3, -0.25) is 4.79 Å². The third kappa shape index (κ3) is 2.66. The van der Waals surface area contributed by atoms with Crippen molar-refractivity contribution in [1.29, 1.82) is 0 Å². The Morgan fingerprint density at radius 3 is 2.70 bits per heavy atom. The van der Waals surface area contributed by atoms with Crippen LogP contribution in [0, 0.1) is 5.82 Å². The second-order valence-corrected chi connectivity index (χ2v) is 6.72. The highest BCUT2D eigenvalue weighted by Crippen LogP contribution is 2.40. The standard InChI is InChI=1S/C19H14FN3O5.C2H6/c1-27-14-3-8-12(4-11(14)20)22-16-9(15(8)21)5-23-13(16)2-7-10(18(23)25)6-28-19(26)17(7)24;1-2/h2-4,17,24H,5-6H2,1H3,(H2,21,22);1-2H3. The molecule has 2 aliphatic heterocycles. The van der Waals surface area contributed by atoms with Crippen LogP contribution in [0.15, 0.2) is 23.0 Å². The molecule has 1 atom stereocenters. The predicted octanol–water partition coefficient (Wildman–Crippen LogP) is 2.27. The number of nitrogen functional groups attached to an aromatic ring is 1. The number of benzene rings is 1. The van der Waals surface area contributed by atoms with Gasteiger partial charge < -0.3 is 24.9 Å². The number of methoxy groups -OCH3 is 1. The van der Waals surface area contributed by atoms with Crippen LogP contribution in [0.5, 0.6) is 5.75 Å². The van der Waals surface area contributed by atoms with E-state index in [-0.39, 0.29) is 35.6 Å². The maximum atomic E-state index is 14.1. The molecular formula is C21H20FN3O5. The minimum absolute atomic E-state index is 0.0443. The summed E-state index contributed by atoms with van der Waals surface area (Å²) in [6.07, 6.45) is -1.54. The number of aliphatic hydroxyl groups is 1. The van der Waals surface area contributed by atoms with E-state index in [9.17, 15) is 19.1 Å². The second kappa shape index (κ2) is 7.10. The highest BCUT2D eigenvalue weighted by atomic mass is 19.1. The lowest BCUT2D eigenvalue weighted by Crippen LogP contribution is -2.32. The van der Waals surface area contributed by atoms with Gasteiger partial charge >= 0.3 is 5.97 Å². The van der Waals surface area contributed by atoms with E-state index in [0.29, 0.717) is 33.5 Å². The number of hydrogen-bond acceptors (Lipinski definition) is 7. The molecule has 1 aromatic carbocycles. The summed E-state index contributed by atoms with van der Waals surface area (Å²) < 4.78 is 25.5. The van der Waals surface area contributed by atoms with Crippen molar-refractivity contribution >= 4 is 22.6 Å². The molecule has 2 aromatic heterocycles. The molecule has 0 saturated carbocycles. The number of pyridine rings is 2. The van der Waals surface area contributed by atoms with E-state index in [4.69, 9.17) is 15.2 Å². The van der Waals surface area contributed by atoms with Crippen LogP contribution in [0.25, 0.3) is 22.3 Å². The fourth-order valence-corrected chi connectivity index (χ4v) is 3.82. The van der Waals surface area contributed by atoms with E-state index < -0.39 is 17.9 Å². The van der Waals surface area contributed by atoms with Gasteiger partial charge in [0.15, 0.2) is 17.7 Å². The Kier molecular flexibility index (Phi) is 4.70. The van der Waals surface area contributed by atoms with Crippen molar-refractivity contribution < 1.29 is 23.8 Å². The van der Waals surface area contributed by atoms with Crippen molar-refractivity contribution in [3.05, 3.63) is 51.1 Å². The molecule has 8 nitrogen and oxygen atoms in total. The first-order chi connectivity index (χ1) is 14.4. The summed E-state index contributed by atoms with van der Waals surface area (Å²) in [4.78, 5) is 29.1. The van der Waals surface area contributed by atoms with Gasteiger partial charge in [0, 0.05) is 28.3 Å². The normalized spacial score (nSPS) is 16.2. The number of nitrogens with two attached hydrogens (primary N) is 1. The van der Waals surface area contributed by atoms with Crippen LogP contribution in [-0.4, -0.2) is 27.7 Å². The monoisotopic (exact) mass is 413 g/mol. The first kappa shape index (κ1) is 19.8. The molecule has 2 aliphatic rings. The summed E-state index contributed by atoms with van der Waals surface area (Å²) in [5.74, 6) is -1.35. The number of carbonyl (C=O) groups is 1. The molecule has 0 spiro atoms. The molecule has 30 heavy (non-hydrogen) atoms. The Morgan fingerprint density at radius 1 is 1.27 bits per heavy atom. The van der Waals surface area contributed by atoms with Crippen molar-refractivity contribution in [2.24, 2.45) is 0 Å². The predicted molar refractivity (Wildman–Crippen MR) is 108 cm³/mol. The van der Waals surface area contributed by atoms with Crippen LogP contribution in [0.3, 0.4) is 0 Å². The molecule has 0 bridgehead atoms. The van der Waals surface area contributed by atoms with Gasteiger partial charge in [-0.1, -0.05) is 13.8 Å². The summed E-state index contributed by atoms with van der Waals surface area (Å²) in [5, 5.41) is 10.6. The van der Waals surface area contributed by atoms with Gasteiger partial charge in [-0.05, 0) is 12.1 Å². The largest absolute Gasteiger partial charge is 0.494 e. The third-order valence-electron chi connectivity index (χ3n) is 5.27. The number of hydrogen-bond donors (Lipinski definition) is 2. The quantitative estimate of drug-likeness (QED) is 0.460. The zero-order chi connectivity index (χ0) is 21.7. The first-order valence-corrected chi connectivity index (χ1v) is 9.48. The fourth-order valence-electron chi connectivity index (χ4n) is 3.82. The Hall–Kier alpha value is -3.46. The number of ether oxygens (including phenoxy) is 2. The van der Waals surface area contributed by atoms with E-state index in [1.54, 1.807) is 6.07 Å². The smallest absolute Gasteiger partial charge is 0.340 e. The number of carbonyl (C=O) groups excluding carboxylic acids is 1. The maximum absolute atomic E-state index is 14.1. The number of fused-ring (bicyclic) bond motifs is 5. The van der Waals surface area contributed by atoms with Crippen LogP contribution in [-0.2, 0) is 22.7 Å². The molecule has 0 amide bonds. The second-order valence-electron chi connectivity index (χ2n) is 6.72. The van der Waals surface area contributed by atoms with Crippen LogP contribution in [0.1, 0.15) is 36.6 Å². The number of aliphatic hydroxyl groups excluding tert-OH is 1. The van der Waals surface area contributed by atoms with Gasteiger partial charge in [0.1, 0.15) is 6.61 Å². The number of aromatic nitrogens is 2. The highest BCUT2D eigenvalue weighted by molar-refractivity contribution is 5.96. The van der Waals surface area contributed by atoms with Crippen LogP contribution >= 0.6 is 0 Å². The molecule has 3 N–H and O–H groups in total. The Morgan fingerprint density at radius 2 is 2.00 bits per heavy atom. The number of cyclic esters (lactones) is 1. The number of halogens is 1. The van der Waals surface area contributed by atoms with E-state index in [2.05, 4.69) is 4.98 Å². The van der Waals surface area contributed by atoms with Gasteiger partial charge in [0.2, 0.25) is 0 Å². The maximum Gasteiger partial charge on any atom is 0.340 e. The zero-order valence-corrected chi connectivity index (χ0v) is 16.7. The summed E-state index contributed by atoms with van der Waals surface area (Å²) in [5.41, 5.74) is 8.47. The van der Waals surface area contributed by atoms with Gasteiger partial charge in [0.05, 0.1) is 36.1 Å². The average molecular weight is 413 g/mol. The van der Waals surface area contributed by atoms with Crippen molar-refractivity contribution in [2.75, 3.05) is 12.8 Å². The molecule has 1 unspecified atom stereocenters. The SMILES string of the molecule is CC.COc1cc2c(N)c3c(nc2cc1F)-c1cc2c(c(=O)n1C3)COC(=O)C2O. The Bertz CT molecular complexity index is 1270. The summed E-state index contributed by atoms with van der Waals surface area (Å²) >= 11 is 0. The lowest BCUT2D eigenvalue weighted by atomic mass is 10.00. The summed E-state index contributed by atoms with van der Waals surface area (Å²) in [6, 6.07) is 4.24. The van der Waals surface area contributed by atoms with Crippen LogP contribution in [0.2, 0.25) is 0 Å². The lowest BCUT2D eigenvalue weighted by molar-refractivity contribution is -0.157. The molecule has 5 rings (SSSR count). The third-order valence-corrected chi connectivity index (χ3v) is 5.27. The van der Waals surface area contributed by atoms with Crippen molar-refractivity contribution in [2.45, 2.75) is 33.1 Å². The fraction of sp³-hybridized carbons (Fsp3) is 0.286. The lowest BCUT2D eigenvalue weighted by Gasteiger charge is -2.21. The Balaban J connectivity index is 0.00000106. The van der Waals surface area contributed by atoms with E-state index in [1.165, 1.54) is 23.8 Å². The molecule has 156 valence electrons. The number of anilines is 1. The molecular weight excluding hydrogens is 393 g/mol. The molecule has 0 fully saturated rings. The minimum atomic E-state index is -1.54. The van der Waals surface area contributed by atoms with E-state index in [0.717, 1.165) is 0 Å².